The number of ether oxygens (including phenoxy) is 1. The second-order valence-corrected chi connectivity index (χ2v) is 6.88. The van der Waals surface area contributed by atoms with E-state index in [1.54, 1.807) is 42.5 Å². The number of carbonyl (C=O) groups is 5. The minimum Gasteiger partial charge on any atom is -0.456 e. The van der Waals surface area contributed by atoms with Gasteiger partial charge in [-0.25, -0.2) is 0 Å². The van der Waals surface area contributed by atoms with E-state index in [9.17, 15) is 24.0 Å². The van der Waals surface area contributed by atoms with E-state index in [1.807, 2.05) is 0 Å². The minimum absolute atomic E-state index is 0.0198. The Morgan fingerprint density at radius 3 is 1.77 bits per heavy atom. The molecule has 2 aromatic rings. The Labute approximate surface area is 180 Å². The summed E-state index contributed by atoms with van der Waals surface area (Å²) in [7, 11) is 0. The van der Waals surface area contributed by atoms with Gasteiger partial charge < -0.3 is 15.4 Å². The van der Waals surface area contributed by atoms with Crippen LogP contribution in [0, 0.1) is 0 Å². The molecule has 2 aromatic carbocycles. The van der Waals surface area contributed by atoms with Gasteiger partial charge in [0.25, 0.3) is 5.91 Å². The molecule has 0 aromatic heterocycles. The lowest BCUT2D eigenvalue weighted by Gasteiger charge is -2.08. The third-order valence-corrected chi connectivity index (χ3v) is 4.25. The molecule has 0 aliphatic carbocycles. The Morgan fingerprint density at radius 1 is 0.742 bits per heavy atom. The van der Waals surface area contributed by atoms with Crippen LogP contribution in [0.15, 0.2) is 48.5 Å². The summed E-state index contributed by atoms with van der Waals surface area (Å²) in [5.41, 5.74) is 1.89. The first kappa shape index (κ1) is 23.5. The monoisotopic (exact) mass is 424 g/mol. The molecular weight excluding hydrogens is 400 g/mol. The van der Waals surface area contributed by atoms with Crippen LogP contribution >= 0.6 is 0 Å². The van der Waals surface area contributed by atoms with E-state index in [2.05, 4.69) is 10.6 Å². The van der Waals surface area contributed by atoms with E-state index in [1.165, 1.54) is 19.9 Å². The zero-order valence-corrected chi connectivity index (χ0v) is 17.4. The smallest absolute Gasteiger partial charge is 0.306 e. The van der Waals surface area contributed by atoms with Crippen LogP contribution in [0.5, 0.6) is 0 Å². The molecule has 0 atom stereocenters. The number of rotatable bonds is 10. The molecule has 0 spiro atoms. The summed E-state index contributed by atoms with van der Waals surface area (Å²) in [6, 6.07) is 13.0. The van der Waals surface area contributed by atoms with Gasteiger partial charge in [0.05, 0.1) is 0 Å². The van der Waals surface area contributed by atoms with Crippen LogP contribution in [-0.2, 0) is 19.1 Å². The van der Waals surface area contributed by atoms with E-state index >= 15 is 0 Å². The second-order valence-electron chi connectivity index (χ2n) is 6.88. The van der Waals surface area contributed by atoms with Crippen LogP contribution < -0.4 is 10.6 Å². The molecule has 2 amide bonds. The number of hydrogen-bond donors (Lipinski definition) is 2. The summed E-state index contributed by atoms with van der Waals surface area (Å²) >= 11 is 0. The Bertz CT molecular complexity index is 999. The van der Waals surface area contributed by atoms with E-state index in [0.717, 1.165) is 0 Å². The lowest BCUT2D eigenvalue weighted by atomic mass is 10.1. The molecule has 31 heavy (non-hydrogen) atoms. The molecule has 8 heteroatoms. The van der Waals surface area contributed by atoms with Gasteiger partial charge in [0.1, 0.15) is 0 Å². The van der Waals surface area contributed by atoms with E-state index in [-0.39, 0.29) is 36.7 Å². The van der Waals surface area contributed by atoms with Gasteiger partial charge in [-0.3, -0.25) is 24.0 Å². The molecule has 2 rings (SSSR count). The average Bonchev–Trinajstić information content (AvgIpc) is 2.72. The van der Waals surface area contributed by atoms with Crippen molar-refractivity contribution in [2.24, 2.45) is 0 Å². The number of ketones is 2. The van der Waals surface area contributed by atoms with Gasteiger partial charge in [-0.15, -0.1) is 0 Å². The van der Waals surface area contributed by atoms with E-state index in [0.29, 0.717) is 22.5 Å². The molecule has 0 aliphatic rings. The van der Waals surface area contributed by atoms with Crippen LogP contribution in [0.4, 0.5) is 11.4 Å². The van der Waals surface area contributed by atoms with Crippen molar-refractivity contribution in [3.05, 3.63) is 59.7 Å². The Kier molecular flexibility index (Phi) is 8.63. The van der Waals surface area contributed by atoms with Crippen molar-refractivity contribution in [3.63, 3.8) is 0 Å². The standard InChI is InChI=1S/C23H24N2O6/c1-15(26)17-6-3-8-19(12-17)24-21(28)10-5-11-23(30)31-14-22(29)25-20-9-4-7-18(13-20)16(2)27/h3-4,6-9,12-13H,5,10-11,14H2,1-2H3,(H,24,28)(H,25,29). The topological polar surface area (TPSA) is 119 Å². The van der Waals surface area contributed by atoms with Gasteiger partial charge >= 0.3 is 5.97 Å². The maximum Gasteiger partial charge on any atom is 0.306 e. The van der Waals surface area contributed by atoms with Crippen LogP contribution in [0.3, 0.4) is 0 Å². The minimum atomic E-state index is -0.598. The fraction of sp³-hybridized carbons (Fsp3) is 0.261. The van der Waals surface area contributed by atoms with Gasteiger partial charge in [0.15, 0.2) is 18.2 Å². The largest absolute Gasteiger partial charge is 0.456 e. The van der Waals surface area contributed by atoms with Crippen molar-refractivity contribution in [1.29, 1.82) is 0 Å². The van der Waals surface area contributed by atoms with Crippen molar-refractivity contribution in [2.45, 2.75) is 33.1 Å². The summed E-state index contributed by atoms with van der Waals surface area (Å²) in [5.74, 6) is -1.65. The highest BCUT2D eigenvalue weighted by atomic mass is 16.5. The summed E-state index contributed by atoms with van der Waals surface area (Å²) in [4.78, 5) is 58.4. The van der Waals surface area contributed by atoms with Crippen LogP contribution in [0.2, 0.25) is 0 Å². The molecule has 0 radical (unpaired) electrons. The van der Waals surface area contributed by atoms with Crippen molar-refractivity contribution in [3.8, 4) is 0 Å². The number of nitrogens with one attached hydrogen (secondary N) is 2. The molecule has 2 N–H and O–H groups in total. The number of esters is 1. The maximum absolute atomic E-state index is 12.0. The van der Waals surface area contributed by atoms with Gasteiger partial charge in [-0.05, 0) is 44.5 Å². The van der Waals surface area contributed by atoms with Gasteiger partial charge in [0.2, 0.25) is 5.91 Å². The predicted molar refractivity (Wildman–Crippen MR) is 115 cm³/mol. The highest BCUT2D eigenvalue weighted by Gasteiger charge is 2.11. The fourth-order valence-electron chi connectivity index (χ4n) is 2.66. The Morgan fingerprint density at radius 2 is 1.26 bits per heavy atom. The Hall–Kier alpha value is -3.81. The summed E-state index contributed by atoms with van der Waals surface area (Å²) in [5, 5.41) is 5.22. The SMILES string of the molecule is CC(=O)c1cccc(NC(=O)CCCC(=O)OCC(=O)Nc2cccc(C(C)=O)c2)c1. The lowest BCUT2D eigenvalue weighted by molar-refractivity contribution is -0.147. The molecule has 162 valence electrons. The van der Waals surface area contributed by atoms with Gasteiger partial charge in [-0.1, -0.05) is 24.3 Å². The first-order valence-electron chi connectivity index (χ1n) is 9.72. The molecule has 0 saturated carbocycles. The van der Waals surface area contributed by atoms with Gasteiger partial charge in [0, 0.05) is 35.3 Å². The predicted octanol–water partition coefficient (Wildman–Crippen LogP) is 3.38. The van der Waals surface area contributed by atoms with E-state index in [4.69, 9.17) is 4.74 Å². The maximum atomic E-state index is 12.0. The number of carbonyl (C=O) groups excluding carboxylic acids is 5. The zero-order chi connectivity index (χ0) is 22.8. The molecule has 0 heterocycles. The summed E-state index contributed by atoms with van der Waals surface area (Å²) < 4.78 is 4.91. The first-order valence-corrected chi connectivity index (χ1v) is 9.72. The molecular formula is C23H24N2O6. The van der Waals surface area contributed by atoms with Gasteiger partial charge in [-0.2, -0.15) is 0 Å². The lowest BCUT2D eigenvalue weighted by Crippen LogP contribution is -2.21. The normalized spacial score (nSPS) is 10.1. The van der Waals surface area contributed by atoms with Crippen molar-refractivity contribution < 1.29 is 28.7 Å². The van der Waals surface area contributed by atoms with Crippen LogP contribution in [-0.4, -0.2) is 36.0 Å². The second kappa shape index (κ2) is 11.4. The van der Waals surface area contributed by atoms with Crippen LogP contribution in [0.25, 0.3) is 0 Å². The average molecular weight is 424 g/mol. The third-order valence-electron chi connectivity index (χ3n) is 4.25. The zero-order valence-electron chi connectivity index (χ0n) is 17.4. The number of benzene rings is 2. The number of hydrogen-bond acceptors (Lipinski definition) is 6. The molecule has 0 saturated heterocycles. The molecule has 0 bridgehead atoms. The van der Waals surface area contributed by atoms with Crippen molar-refractivity contribution in [2.75, 3.05) is 17.2 Å². The number of amides is 2. The first-order chi connectivity index (χ1) is 14.7. The Balaban J connectivity index is 1.68. The van der Waals surface area contributed by atoms with Crippen LogP contribution in [0.1, 0.15) is 53.8 Å². The molecule has 8 nitrogen and oxygen atoms in total. The van der Waals surface area contributed by atoms with Crippen molar-refractivity contribution >= 4 is 40.7 Å². The summed E-state index contributed by atoms with van der Waals surface area (Å²) in [6.45, 7) is 2.40. The highest BCUT2D eigenvalue weighted by Crippen LogP contribution is 2.13. The van der Waals surface area contributed by atoms with E-state index < -0.39 is 18.5 Å². The summed E-state index contributed by atoms with van der Waals surface area (Å²) in [6.07, 6.45) is 0.316. The number of Topliss-reactive ketones (excluding diaryl/α,β-unsaturated/α-hetero) is 2. The van der Waals surface area contributed by atoms with Crippen molar-refractivity contribution in [1.82, 2.24) is 0 Å². The quantitative estimate of drug-likeness (QED) is 0.446. The number of anilines is 2. The molecule has 0 unspecified atom stereocenters. The fourth-order valence-corrected chi connectivity index (χ4v) is 2.66. The molecule has 0 aliphatic heterocycles. The third kappa shape index (κ3) is 8.22. The molecule has 0 fully saturated rings. The highest BCUT2D eigenvalue weighted by molar-refractivity contribution is 5.98.